The Morgan fingerprint density at radius 3 is 2.60 bits per heavy atom. The second kappa shape index (κ2) is 5.82. The Morgan fingerprint density at radius 1 is 1.16 bits per heavy atom. The van der Waals surface area contributed by atoms with Gasteiger partial charge in [-0.15, -0.1) is 5.10 Å². The van der Waals surface area contributed by atoms with Crippen LogP contribution in [-0.2, 0) is 6.18 Å². The molecule has 134 valence electrons. The number of aromatic nitrogens is 3. The lowest BCUT2D eigenvalue weighted by atomic mass is 9.88. The molecule has 1 aliphatic carbocycles. The molecule has 0 bridgehead atoms. The molecule has 2 N–H and O–H groups in total. The SMILES string of the molecule is CSc1nc2n(n1)-c1ccc(C(F)(F)F)cc1NC1(CCCCC1)N2. The first-order valence-electron chi connectivity index (χ1n) is 8.19. The van der Waals surface area contributed by atoms with Crippen molar-refractivity contribution in [1.82, 2.24) is 14.8 Å². The molecule has 0 saturated heterocycles. The molecule has 1 aromatic carbocycles. The molecule has 0 radical (unpaired) electrons. The van der Waals surface area contributed by atoms with Gasteiger partial charge in [-0.3, -0.25) is 0 Å². The summed E-state index contributed by atoms with van der Waals surface area (Å²) >= 11 is 1.40. The summed E-state index contributed by atoms with van der Waals surface area (Å²) in [7, 11) is 0. The van der Waals surface area contributed by atoms with E-state index in [2.05, 4.69) is 20.7 Å². The molecule has 9 heteroatoms. The highest BCUT2D eigenvalue weighted by atomic mass is 32.2. The number of nitrogens with zero attached hydrogens (tertiary/aromatic N) is 3. The smallest absolute Gasteiger partial charge is 0.361 e. The molecule has 2 heterocycles. The van der Waals surface area contributed by atoms with E-state index in [1.807, 2.05) is 6.26 Å². The normalized spacial score (nSPS) is 18.7. The molecule has 2 aromatic rings. The predicted molar refractivity (Wildman–Crippen MR) is 91.2 cm³/mol. The van der Waals surface area contributed by atoms with Crippen LogP contribution in [-0.4, -0.2) is 26.7 Å². The van der Waals surface area contributed by atoms with Crippen molar-refractivity contribution >= 4 is 23.4 Å². The number of thioether (sulfide) groups is 1. The minimum absolute atomic E-state index is 0.431. The Bertz CT molecular complexity index is 796. The third-order valence-electron chi connectivity index (χ3n) is 4.75. The van der Waals surface area contributed by atoms with Crippen molar-refractivity contribution in [2.75, 3.05) is 16.9 Å². The fourth-order valence-electron chi connectivity index (χ4n) is 3.53. The minimum atomic E-state index is -4.38. The second-order valence-corrected chi connectivity index (χ2v) is 7.23. The number of hydrogen-bond acceptors (Lipinski definition) is 5. The van der Waals surface area contributed by atoms with E-state index >= 15 is 0 Å². The van der Waals surface area contributed by atoms with Gasteiger partial charge in [0.25, 0.3) is 0 Å². The highest BCUT2D eigenvalue weighted by molar-refractivity contribution is 7.98. The van der Waals surface area contributed by atoms with E-state index in [1.54, 1.807) is 4.68 Å². The standard InChI is InChI=1S/C16H18F3N5S/c1-25-14-20-13-22-15(7-3-2-4-8-15)21-11-9-10(16(17,18)19)5-6-12(11)24(13)23-14/h5-6,9,21H,2-4,7-8H2,1H3,(H,20,22,23). The summed E-state index contributed by atoms with van der Waals surface area (Å²) in [5.74, 6) is 0.567. The first-order chi connectivity index (χ1) is 11.9. The lowest BCUT2D eigenvalue weighted by Gasteiger charge is -2.38. The molecule has 2 aliphatic rings. The molecular formula is C16H18F3N5S. The maximum atomic E-state index is 13.2. The molecule has 1 fully saturated rings. The summed E-state index contributed by atoms with van der Waals surface area (Å²) in [6.07, 6.45) is 2.29. The summed E-state index contributed by atoms with van der Waals surface area (Å²) in [5.41, 5.74) is -0.154. The van der Waals surface area contributed by atoms with Crippen molar-refractivity contribution in [1.29, 1.82) is 0 Å². The second-order valence-electron chi connectivity index (χ2n) is 6.46. The molecule has 0 atom stereocenters. The largest absolute Gasteiger partial charge is 0.416 e. The zero-order valence-corrected chi connectivity index (χ0v) is 14.5. The van der Waals surface area contributed by atoms with Gasteiger partial charge < -0.3 is 10.6 Å². The van der Waals surface area contributed by atoms with Gasteiger partial charge in [-0.2, -0.15) is 22.8 Å². The van der Waals surface area contributed by atoms with Crippen molar-refractivity contribution < 1.29 is 13.2 Å². The Kier molecular flexibility index (Phi) is 3.86. The first kappa shape index (κ1) is 16.6. The molecule has 25 heavy (non-hydrogen) atoms. The number of nitrogens with one attached hydrogen (secondary N) is 2. The summed E-state index contributed by atoms with van der Waals surface area (Å²) in [4.78, 5) is 4.49. The van der Waals surface area contributed by atoms with E-state index in [0.717, 1.165) is 38.2 Å². The van der Waals surface area contributed by atoms with Gasteiger partial charge in [-0.1, -0.05) is 18.2 Å². The number of alkyl halides is 3. The van der Waals surface area contributed by atoms with Crippen LogP contribution < -0.4 is 10.6 Å². The molecule has 1 saturated carbocycles. The van der Waals surface area contributed by atoms with Gasteiger partial charge in [0, 0.05) is 0 Å². The average molecular weight is 369 g/mol. The highest BCUT2D eigenvalue weighted by Gasteiger charge is 2.38. The van der Waals surface area contributed by atoms with Gasteiger partial charge in [0.05, 0.1) is 16.9 Å². The van der Waals surface area contributed by atoms with Crippen LogP contribution in [0.4, 0.5) is 24.8 Å². The zero-order chi connectivity index (χ0) is 17.7. The monoisotopic (exact) mass is 369 g/mol. The van der Waals surface area contributed by atoms with E-state index in [0.29, 0.717) is 22.5 Å². The first-order valence-corrected chi connectivity index (χ1v) is 9.42. The third kappa shape index (κ3) is 2.94. The van der Waals surface area contributed by atoms with Crippen LogP contribution in [0.2, 0.25) is 0 Å². The van der Waals surface area contributed by atoms with Gasteiger partial charge in [-0.25, -0.2) is 0 Å². The predicted octanol–water partition coefficient (Wildman–Crippen LogP) is 4.51. The molecule has 4 rings (SSSR count). The molecule has 1 spiro atoms. The van der Waals surface area contributed by atoms with Gasteiger partial charge in [0.1, 0.15) is 5.66 Å². The summed E-state index contributed by atoms with van der Waals surface area (Å²) in [5, 5.41) is 11.8. The van der Waals surface area contributed by atoms with E-state index in [1.165, 1.54) is 23.9 Å². The minimum Gasteiger partial charge on any atom is -0.361 e. The van der Waals surface area contributed by atoms with Crippen molar-refractivity contribution in [2.24, 2.45) is 0 Å². The summed E-state index contributed by atoms with van der Waals surface area (Å²) in [6, 6.07) is 3.71. The number of benzene rings is 1. The van der Waals surface area contributed by atoms with Crippen LogP contribution in [0.25, 0.3) is 5.69 Å². The van der Waals surface area contributed by atoms with E-state index in [9.17, 15) is 13.2 Å². The van der Waals surface area contributed by atoms with E-state index < -0.39 is 17.4 Å². The van der Waals surface area contributed by atoms with Crippen LogP contribution in [0.5, 0.6) is 0 Å². The van der Waals surface area contributed by atoms with Crippen LogP contribution in [0.3, 0.4) is 0 Å². The molecule has 1 aromatic heterocycles. The van der Waals surface area contributed by atoms with Crippen molar-refractivity contribution in [3.05, 3.63) is 23.8 Å². The quantitative estimate of drug-likeness (QED) is 0.725. The van der Waals surface area contributed by atoms with Gasteiger partial charge >= 0.3 is 6.18 Å². The fourth-order valence-corrected chi connectivity index (χ4v) is 3.88. The Hall–Kier alpha value is -1.90. The van der Waals surface area contributed by atoms with E-state index in [4.69, 9.17) is 0 Å². The number of anilines is 2. The Labute approximate surface area is 147 Å². The van der Waals surface area contributed by atoms with Crippen molar-refractivity contribution in [3.63, 3.8) is 0 Å². The summed E-state index contributed by atoms with van der Waals surface area (Å²) < 4.78 is 41.1. The number of halogens is 3. The molecule has 1 aliphatic heterocycles. The lowest BCUT2D eigenvalue weighted by Crippen LogP contribution is -2.47. The maximum absolute atomic E-state index is 13.2. The third-order valence-corrected chi connectivity index (χ3v) is 5.29. The van der Waals surface area contributed by atoms with Crippen LogP contribution >= 0.6 is 11.8 Å². The lowest BCUT2D eigenvalue weighted by molar-refractivity contribution is -0.137. The molecular weight excluding hydrogens is 351 g/mol. The molecule has 0 amide bonds. The van der Waals surface area contributed by atoms with E-state index in [-0.39, 0.29) is 0 Å². The maximum Gasteiger partial charge on any atom is 0.416 e. The summed E-state index contributed by atoms with van der Waals surface area (Å²) in [6.45, 7) is 0. The number of fused-ring (bicyclic) bond motifs is 3. The van der Waals surface area contributed by atoms with Gasteiger partial charge in [0.2, 0.25) is 11.1 Å². The van der Waals surface area contributed by atoms with Crippen LogP contribution in [0, 0.1) is 0 Å². The molecule has 5 nitrogen and oxygen atoms in total. The zero-order valence-electron chi connectivity index (χ0n) is 13.7. The number of hydrogen-bond donors (Lipinski definition) is 2. The Morgan fingerprint density at radius 2 is 1.92 bits per heavy atom. The topological polar surface area (TPSA) is 54.8 Å². The van der Waals surface area contributed by atoms with Gasteiger partial charge in [-0.05, 0) is 50.1 Å². The molecule has 0 unspecified atom stereocenters. The van der Waals surface area contributed by atoms with Crippen molar-refractivity contribution in [2.45, 2.75) is 49.1 Å². The van der Waals surface area contributed by atoms with Gasteiger partial charge in [0.15, 0.2) is 0 Å². The number of rotatable bonds is 1. The average Bonchev–Trinajstić information content (AvgIpc) is 2.92. The highest BCUT2D eigenvalue weighted by Crippen LogP contribution is 2.40. The fraction of sp³-hybridized carbons (Fsp3) is 0.500. The van der Waals surface area contributed by atoms with Crippen molar-refractivity contribution in [3.8, 4) is 5.69 Å². The van der Waals surface area contributed by atoms with Crippen LogP contribution in [0.1, 0.15) is 37.7 Å². The Balaban J connectivity index is 1.88. The van der Waals surface area contributed by atoms with Crippen LogP contribution in [0.15, 0.2) is 23.4 Å².